The second-order valence-electron chi connectivity index (χ2n) is 5.02. The molecule has 5 heteroatoms. The minimum absolute atomic E-state index is 0.0622. The number of amides is 1. The molecule has 0 aliphatic heterocycles. The lowest BCUT2D eigenvalue weighted by molar-refractivity contribution is -0.127. The zero-order valence-electron chi connectivity index (χ0n) is 11.7. The summed E-state index contributed by atoms with van der Waals surface area (Å²) in [5, 5.41) is 7.23. The molecule has 1 aromatic carbocycles. The molecule has 1 aromatic rings. The van der Waals surface area contributed by atoms with Crippen LogP contribution in [0.1, 0.15) is 39.3 Å². The molecule has 1 unspecified atom stereocenters. The molecule has 0 radical (unpaired) electrons. The Hall–Kier alpha value is -0.770. The van der Waals surface area contributed by atoms with Crippen molar-refractivity contribution in [1.29, 1.82) is 0 Å². The van der Waals surface area contributed by atoms with Crippen molar-refractivity contribution in [1.82, 2.24) is 10.6 Å². The van der Waals surface area contributed by atoms with Gasteiger partial charge in [0.1, 0.15) is 0 Å². The zero-order valence-corrected chi connectivity index (χ0v) is 13.2. The fraction of sp³-hybridized carbons (Fsp3) is 0.500. The third-order valence-corrected chi connectivity index (χ3v) is 3.53. The number of hydrogen-bond acceptors (Lipinski definition) is 2. The van der Waals surface area contributed by atoms with E-state index in [0.717, 1.165) is 12.1 Å². The maximum atomic E-state index is 12.2. The molecular weight excluding hydrogens is 283 g/mol. The van der Waals surface area contributed by atoms with Crippen molar-refractivity contribution >= 4 is 29.1 Å². The summed E-state index contributed by atoms with van der Waals surface area (Å²) in [4.78, 5) is 12.2. The fourth-order valence-corrected chi connectivity index (χ4v) is 2.40. The average molecular weight is 303 g/mol. The first kappa shape index (κ1) is 16.3. The number of hydrogen-bond donors (Lipinski definition) is 2. The molecule has 1 atom stereocenters. The molecule has 0 aliphatic carbocycles. The lowest BCUT2D eigenvalue weighted by Crippen LogP contribution is -2.53. The lowest BCUT2D eigenvalue weighted by atomic mass is 10.0. The maximum absolute atomic E-state index is 12.2. The molecule has 0 aromatic heterocycles. The largest absolute Gasteiger partial charge is 0.348 e. The Kier molecular flexibility index (Phi) is 5.65. The van der Waals surface area contributed by atoms with Gasteiger partial charge in [0.25, 0.3) is 0 Å². The van der Waals surface area contributed by atoms with E-state index in [1.54, 1.807) is 12.1 Å². The van der Waals surface area contributed by atoms with Crippen molar-refractivity contribution in [2.45, 2.75) is 39.3 Å². The quantitative estimate of drug-likeness (QED) is 0.873. The summed E-state index contributed by atoms with van der Waals surface area (Å²) in [5.74, 6) is -0.0622. The molecule has 0 bridgehead atoms. The van der Waals surface area contributed by atoms with Gasteiger partial charge in [-0.15, -0.1) is 0 Å². The second kappa shape index (κ2) is 6.60. The summed E-state index contributed by atoms with van der Waals surface area (Å²) in [6.07, 6.45) is 0. The molecule has 2 N–H and O–H groups in total. The molecule has 0 aliphatic rings. The van der Waals surface area contributed by atoms with Gasteiger partial charge in [0.15, 0.2) is 0 Å². The molecule has 19 heavy (non-hydrogen) atoms. The number of rotatable bonds is 5. The first-order chi connectivity index (χ1) is 8.77. The summed E-state index contributed by atoms with van der Waals surface area (Å²) in [5.41, 5.74) is 0.244. The molecule has 1 rings (SSSR count). The second-order valence-corrected chi connectivity index (χ2v) is 5.86. The van der Waals surface area contributed by atoms with Crippen LogP contribution in [0.15, 0.2) is 18.2 Å². The van der Waals surface area contributed by atoms with Gasteiger partial charge < -0.3 is 10.6 Å². The summed E-state index contributed by atoms with van der Waals surface area (Å²) in [6.45, 7) is 8.30. The highest BCUT2D eigenvalue weighted by atomic mass is 35.5. The predicted octanol–water partition coefficient (Wildman–Crippen LogP) is 3.56. The van der Waals surface area contributed by atoms with Gasteiger partial charge in [0.05, 0.1) is 11.6 Å². The van der Waals surface area contributed by atoms with Crippen LogP contribution in [0.3, 0.4) is 0 Å². The van der Waals surface area contributed by atoms with Gasteiger partial charge in [-0.1, -0.05) is 36.2 Å². The van der Waals surface area contributed by atoms with Crippen LogP contribution in [0, 0.1) is 0 Å². The highest BCUT2D eigenvalue weighted by Crippen LogP contribution is 2.26. The normalized spacial score (nSPS) is 13.2. The van der Waals surface area contributed by atoms with Crippen molar-refractivity contribution in [2.24, 2.45) is 0 Å². The Balaban J connectivity index is 2.79. The molecule has 0 spiro atoms. The Labute approximate surface area is 124 Å². The van der Waals surface area contributed by atoms with Crippen molar-refractivity contribution in [3.63, 3.8) is 0 Å². The van der Waals surface area contributed by atoms with E-state index in [0.29, 0.717) is 10.0 Å². The topological polar surface area (TPSA) is 41.1 Å². The molecule has 0 heterocycles. The van der Waals surface area contributed by atoms with E-state index < -0.39 is 5.54 Å². The van der Waals surface area contributed by atoms with Gasteiger partial charge in [-0.2, -0.15) is 0 Å². The van der Waals surface area contributed by atoms with Crippen LogP contribution in [0.2, 0.25) is 10.0 Å². The third kappa shape index (κ3) is 4.37. The van der Waals surface area contributed by atoms with Crippen molar-refractivity contribution in [3.8, 4) is 0 Å². The van der Waals surface area contributed by atoms with E-state index in [2.05, 4.69) is 10.6 Å². The number of nitrogens with one attached hydrogen (secondary N) is 2. The van der Waals surface area contributed by atoms with E-state index in [9.17, 15) is 4.79 Å². The average Bonchev–Trinajstić information content (AvgIpc) is 2.28. The van der Waals surface area contributed by atoms with Gasteiger partial charge in [-0.25, -0.2) is 0 Å². The van der Waals surface area contributed by atoms with E-state index in [4.69, 9.17) is 23.2 Å². The first-order valence-corrected chi connectivity index (χ1v) is 7.04. The van der Waals surface area contributed by atoms with Crippen LogP contribution in [-0.4, -0.2) is 18.0 Å². The summed E-state index contributed by atoms with van der Waals surface area (Å²) in [6, 6.07) is 5.10. The van der Waals surface area contributed by atoms with Gasteiger partial charge >= 0.3 is 0 Å². The monoisotopic (exact) mass is 302 g/mol. The van der Waals surface area contributed by atoms with Gasteiger partial charge in [0.2, 0.25) is 5.91 Å². The van der Waals surface area contributed by atoms with Crippen molar-refractivity contribution in [2.75, 3.05) is 6.54 Å². The first-order valence-electron chi connectivity index (χ1n) is 6.29. The van der Waals surface area contributed by atoms with Crippen LogP contribution in [0.25, 0.3) is 0 Å². The standard InChI is InChI=1S/C14H20Cl2N2O/c1-5-17-14(3,4)13(19)18-9(2)11-7-6-10(15)8-12(11)16/h6-9,17H,5H2,1-4H3,(H,18,19). The zero-order chi connectivity index (χ0) is 14.6. The Morgan fingerprint density at radius 3 is 2.53 bits per heavy atom. The van der Waals surface area contributed by atoms with Crippen LogP contribution in [-0.2, 0) is 4.79 Å². The number of likely N-dealkylation sites (N-methyl/N-ethyl adjacent to an activating group) is 1. The van der Waals surface area contributed by atoms with Gasteiger partial charge in [0, 0.05) is 10.0 Å². The van der Waals surface area contributed by atoms with E-state index in [1.165, 1.54) is 0 Å². The highest BCUT2D eigenvalue weighted by Gasteiger charge is 2.27. The minimum atomic E-state index is -0.609. The lowest BCUT2D eigenvalue weighted by Gasteiger charge is -2.27. The molecule has 0 saturated carbocycles. The van der Waals surface area contributed by atoms with Crippen LogP contribution >= 0.6 is 23.2 Å². The summed E-state index contributed by atoms with van der Waals surface area (Å²) >= 11 is 12.0. The van der Waals surface area contributed by atoms with E-state index in [-0.39, 0.29) is 11.9 Å². The van der Waals surface area contributed by atoms with Crippen molar-refractivity contribution in [3.05, 3.63) is 33.8 Å². The summed E-state index contributed by atoms with van der Waals surface area (Å²) in [7, 11) is 0. The highest BCUT2D eigenvalue weighted by molar-refractivity contribution is 6.35. The predicted molar refractivity (Wildman–Crippen MR) is 80.8 cm³/mol. The molecule has 0 fully saturated rings. The van der Waals surface area contributed by atoms with Crippen LogP contribution < -0.4 is 10.6 Å². The number of halogens is 2. The minimum Gasteiger partial charge on any atom is -0.348 e. The number of benzene rings is 1. The van der Waals surface area contributed by atoms with E-state index >= 15 is 0 Å². The smallest absolute Gasteiger partial charge is 0.240 e. The van der Waals surface area contributed by atoms with E-state index in [1.807, 2.05) is 33.8 Å². The molecule has 1 amide bonds. The third-order valence-electron chi connectivity index (χ3n) is 2.96. The fourth-order valence-electron chi connectivity index (χ4n) is 1.83. The Morgan fingerprint density at radius 1 is 1.37 bits per heavy atom. The molecule has 3 nitrogen and oxygen atoms in total. The van der Waals surface area contributed by atoms with Crippen LogP contribution in [0.4, 0.5) is 0 Å². The molecular formula is C14H20Cl2N2O. The van der Waals surface area contributed by atoms with Gasteiger partial charge in [-0.05, 0) is 45.0 Å². The Bertz CT molecular complexity index is 461. The van der Waals surface area contributed by atoms with Gasteiger partial charge in [-0.3, -0.25) is 4.79 Å². The number of carbonyl (C=O) groups is 1. The summed E-state index contributed by atoms with van der Waals surface area (Å²) < 4.78 is 0. The molecule has 106 valence electrons. The molecule has 0 saturated heterocycles. The SMILES string of the molecule is CCNC(C)(C)C(=O)NC(C)c1ccc(Cl)cc1Cl. The number of carbonyl (C=O) groups excluding carboxylic acids is 1. The van der Waals surface area contributed by atoms with Crippen molar-refractivity contribution < 1.29 is 4.79 Å². The Morgan fingerprint density at radius 2 is 2.00 bits per heavy atom. The maximum Gasteiger partial charge on any atom is 0.240 e. The van der Waals surface area contributed by atoms with Crippen LogP contribution in [0.5, 0.6) is 0 Å².